The molecule has 0 saturated heterocycles. The maximum atomic E-state index is 12.8. The van der Waals surface area contributed by atoms with Crippen molar-refractivity contribution >= 4 is 33.1 Å². The molecular formula is C30H23F2N3O6S. The molecule has 0 aliphatic rings. The van der Waals surface area contributed by atoms with Gasteiger partial charge in [0.25, 0.3) is 5.19 Å². The second-order valence-electron chi connectivity index (χ2n) is 9.18. The zero-order chi connectivity index (χ0) is 29.2. The number of rotatable bonds is 11. The Balaban J connectivity index is 1.18. The van der Waals surface area contributed by atoms with Crippen molar-refractivity contribution < 1.29 is 36.9 Å². The van der Waals surface area contributed by atoms with Crippen molar-refractivity contribution in [2.75, 3.05) is 14.2 Å². The van der Waals surface area contributed by atoms with E-state index < -0.39 is 6.61 Å². The van der Waals surface area contributed by atoms with Crippen LogP contribution in [0.5, 0.6) is 22.4 Å². The van der Waals surface area contributed by atoms with E-state index in [-0.39, 0.29) is 24.6 Å². The summed E-state index contributed by atoms with van der Waals surface area (Å²) in [6.07, 6.45) is 1.91. The Morgan fingerprint density at radius 2 is 1.81 bits per heavy atom. The molecule has 6 aromatic rings. The number of ether oxygens (including phenoxy) is 4. The van der Waals surface area contributed by atoms with E-state index >= 15 is 0 Å². The lowest BCUT2D eigenvalue weighted by atomic mass is 10.0. The van der Waals surface area contributed by atoms with E-state index in [2.05, 4.69) is 14.8 Å². The number of halogens is 2. The molecule has 0 radical (unpaired) electrons. The molecule has 0 bridgehead atoms. The maximum absolute atomic E-state index is 12.8. The minimum absolute atomic E-state index is 0.000455. The first-order chi connectivity index (χ1) is 20.4. The van der Waals surface area contributed by atoms with Gasteiger partial charge in [0, 0.05) is 24.1 Å². The maximum Gasteiger partial charge on any atom is 0.387 e. The van der Waals surface area contributed by atoms with Crippen LogP contribution in [-0.4, -0.2) is 41.2 Å². The van der Waals surface area contributed by atoms with Gasteiger partial charge in [0.1, 0.15) is 35.1 Å². The van der Waals surface area contributed by atoms with Crippen molar-refractivity contribution in [3.63, 3.8) is 0 Å². The van der Waals surface area contributed by atoms with Gasteiger partial charge < -0.3 is 23.4 Å². The van der Waals surface area contributed by atoms with Crippen LogP contribution in [-0.2, 0) is 13.0 Å². The molecule has 0 amide bonds. The monoisotopic (exact) mass is 591 g/mol. The van der Waals surface area contributed by atoms with E-state index in [0.29, 0.717) is 44.3 Å². The standard InChI is InChI=1S/C30H23F2N3O6S/c1-37-21-12-25(22-14-27(41-26(22)13-21)23-15-35-29(33-23)42-30(34-35)38-2)39-16-18-5-3-4-17(10-18)11-24(36)19-6-8-20(9-7-19)40-28(31)32/h3-10,12-15,28H,11,16H2,1-2H3. The summed E-state index contributed by atoms with van der Waals surface area (Å²) in [7, 11) is 3.12. The van der Waals surface area contributed by atoms with Crippen LogP contribution in [0.25, 0.3) is 27.4 Å². The lowest BCUT2D eigenvalue weighted by Crippen LogP contribution is -2.05. The van der Waals surface area contributed by atoms with Crippen LogP contribution in [0.3, 0.4) is 0 Å². The van der Waals surface area contributed by atoms with E-state index in [1.807, 2.05) is 30.3 Å². The number of imidazole rings is 1. The third kappa shape index (κ3) is 5.75. The third-order valence-corrected chi connectivity index (χ3v) is 7.30. The SMILES string of the molecule is COc1cc(OCc2cccc(CC(=O)c3ccc(OC(F)F)cc3)c2)c2cc(-c3cn4nc(OC)sc4n3)oc2c1. The first kappa shape index (κ1) is 27.2. The number of alkyl halides is 2. The summed E-state index contributed by atoms with van der Waals surface area (Å²) in [6, 6.07) is 18.6. The summed E-state index contributed by atoms with van der Waals surface area (Å²) in [6.45, 7) is -2.69. The predicted molar refractivity (Wildman–Crippen MR) is 151 cm³/mol. The Morgan fingerprint density at radius 3 is 2.55 bits per heavy atom. The van der Waals surface area contributed by atoms with Crippen molar-refractivity contribution in [3.8, 4) is 33.9 Å². The van der Waals surface area contributed by atoms with Gasteiger partial charge in [0.2, 0.25) is 4.96 Å². The first-order valence-corrected chi connectivity index (χ1v) is 13.5. The molecule has 42 heavy (non-hydrogen) atoms. The predicted octanol–water partition coefficient (Wildman–Crippen LogP) is 6.83. The van der Waals surface area contributed by atoms with Crippen LogP contribution in [0.2, 0.25) is 0 Å². The van der Waals surface area contributed by atoms with Crippen molar-refractivity contribution in [1.82, 2.24) is 14.6 Å². The molecule has 0 fully saturated rings. The minimum atomic E-state index is -2.92. The second-order valence-corrected chi connectivity index (χ2v) is 10.1. The molecule has 0 unspecified atom stereocenters. The molecule has 3 heterocycles. The highest BCUT2D eigenvalue weighted by molar-refractivity contribution is 7.18. The van der Waals surface area contributed by atoms with E-state index in [1.54, 1.807) is 37.1 Å². The lowest BCUT2D eigenvalue weighted by Gasteiger charge is -2.10. The lowest BCUT2D eigenvalue weighted by molar-refractivity contribution is -0.0498. The summed E-state index contributed by atoms with van der Waals surface area (Å²) >= 11 is 1.32. The highest BCUT2D eigenvalue weighted by Gasteiger charge is 2.17. The van der Waals surface area contributed by atoms with Gasteiger partial charge in [-0.25, -0.2) is 9.50 Å². The molecule has 214 valence electrons. The number of methoxy groups -OCH3 is 2. The van der Waals surface area contributed by atoms with E-state index in [9.17, 15) is 13.6 Å². The van der Waals surface area contributed by atoms with Crippen molar-refractivity contribution in [2.24, 2.45) is 0 Å². The molecule has 0 saturated carbocycles. The number of ketones is 1. The summed E-state index contributed by atoms with van der Waals surface area (Å²) in [5, 5.41) is 5.57. The zero-order valence-electron chi connectivity index (χ0n) is 22.4. The second kappa shape index (κ2) is 11.5. The van der Waals surface area contributed by atoms with Crippen LogP contribution >= 0.6 is 11.3 Å². The van der Waals surface area contributed by atoms with E-state index in [1.165, 1.54) is 35.6 Å². The van der Waals surface area contributed by atoms with Crippen molar-refractivity contribution in [1.29, 1.82) is 0 Å². The summed E-state index contributed by atoms with van der Waals surface area (Å²) < 4.78 is 53.7. The molecule has 0 aliphatic heterocycles. The number of furan rings is 1. The fourth-order valence-electron chi connectivity index (χ4n) is 4.43. The number of benzene rings is 3. The minimum Gasteiger partial charge on any atom is -0.496 e. The van der Waals surface area contributed by atoms with Gasteiger partial charge in [-0.05, 0) is 52.8 Å². The number of hydrogen-bond acceptors (Lipinski definition) is 9. The summed E-state index contributed by atoms with van der Waals surface area (Å²) in [5.41, 5.74) is 3.24. The highest BCUT2D eigenvalue weighted by atomic mass is 32.1. The number of hydrogen-bond donors (Lipinski definition) is 0. The molecule has 12 heteroatoms. The number of fused-ring (bicyclic) bond motifs is 2. The topological polar surface area (TPSA) is 97.3 Å². The third-order valence-electron chi connectivity index (χ3n) is 6.41. The van der Waals surface area contributed by atoms with Gasteiger partial charge in [0.05, 0.1) is 25.8 Å². The normalized spacial score (nSPS) is 11.4. The molecule has 0 spiro atoms. The van der Waals surface area contributed by atoms with Gasteiger partial charge in [-0.1, -0.05) is 24.3 Å². The van der Waals surface area contributed by atoms with Crippen LogP contribution in [0.1, 0.15) is 21.5 Å². The van der Waals surface area contributed by atoms with Gasteiger partial charge in [-0.2, -0.15) is 8.78 Å². The van der Waals surface area contributed by atoms with Crippen LogP contribution < -0.4 is 18.9 Å². The van der Waals surface area contributed by atoms with E-state index in [4.69, 9.17) is 18.6 Å². The van der Waals surface area contributed by atoms with Gasteiger partial charge >= 0.3 is 6.61 Å². The highest BCUT2D eigenvalue weighted by Crippen LogP contribution is 2.37. The fourth-order valence-corrected chi connectivity index (χ4v) is 5.13. The Labute approximate surface area is 241 Å². The molecule has 3 aromatic carbocycles. The Hall–Kier alpha value is -4.97. The summed E-state index contributed by atoms with van der Waals surface area (Å²) in [5.74, 6) is 1.53. The zero-order valence-corrected chi connectivity index (χ0v) is 23.2. The molecule has 3 aromatic heterocycles. The van der Waals surface area contributed by atoms with E-state index in [0.717, 1.165) is 16.5 Å². The summed E-state index contributed by atoms with van der Waals surface area (Å²) in [4.78, 5) is 18.1. The number of carbonyl (C=O) groups is 1. The molecule has 0 atom stereocenters. The Bertz CT molecular complexity index is 1850. The first-order valence-electron chi connectivity index (χ1n) is 12.7. The fraction of sp³-hybridized carbons (Fsp3) is 0.167. The van der Waals surface area contributed by atoms with Crippen molar-refractivity contribution in [2.45, 2.75) is 19.6 Å². The van der Waals surface area contributed by atoms with Gasteiger partial charge in [0.15, 0.2) is 11.5 Å². The molecule has 6 rings (SSSR count). The van der Waals surface area contributed by atoms with Crippen molar-refractivity contribution in [3.05, 3.63) is 89.6 Å². The average molecular weight is 592 g/mol. The Morgan fingerprint density at radius 1 is 1.00 bits per heavy atom. The Kier molecular flexibility index (Phi) is 7.44. The average Bonchev–Trinajstić information content (AvgIpc) is 3.69. The molecular weight excluding hydrogens is 568 g/mol. The number of Topliss-reactive ketones (excluding diaryl/α,β-unsaturated/α-hetero) is 1. The quantitative estimate of drug-likeness (QED) is 0.151. The molecule has 0 aliphatic carbocycles. The number of nitrogens with zero attached hydrogens (tertiary/aromatic N) is 3. The van der Waals surface area contributed by atoms with Crippen LogP contribution in [0.15, 0.2) is 77.3 Å². The van der Waals surface area contributed by atoms with Crippen LogP contribution in [0, 0.1) is 0 Å². The van der Waals surface area contributed by atoms with Gasteiger partial charge in [-0.3, -0.25) is 4.79 Å². The number of carbonyl (C=O) groups excluding carboxylic acids is 1. The smallest absolute Gasteiger partial charge is 0.387 e. The molecule has 0 N–H and O–H groups in total. The van der Waals surface area contributed by atoms with Gasteiger partial charge in [-0.15, -0.1) is 5.10 Å². The van der Waals surface area contributed by atoms with Crippen LogP contribution in [0.4, 0.5) is 8.78 Å². The number of aromatic nitrogens is 3. The molecule has 9 nitrogen and oxygen atoms in total. The largest absolute Gasteiger partial charge is 0.496 e.